The molecule has 21 heavy (non-hydrogen) atoms. The van der Waals surface area contributed by atoms with E-state index in [0.29, 0.717) is 18.0 Å². The topological polar surface area (TPSA) is 43.4 Å². The summed E-state index contributed by atoms with van der Waals surface area (Å²) >= 11 is 3.65. The first kappa shape index (κ1) is 14.4. The third kappa shape index (κ3) is 3.23. The monoisotopic (exact) mass is 350 g/mol. The summed E-state index contributed by atoms with van der Waals surface area (Å²) in [6.45, 7) is 4.28. The molecule has 2 aromatic rings. The van der Waals surface area contributed by atoms with Crippen molar-refractivity contribution in [3.63, 3.8) is 0 Å². The number of nitrogens with one attached hydrogen (secondary N) is 1. The minimum Gasteiger partial charge on any atom is -0.486 e. The molecule has 0 aliphatic carbocycles. The van der Waals surface area contributed by atoms with Crippen LogP contribution >= 0.6 is 15.9 Å². The van der Waals surface area contributed by atoms with Crippen LogP contribution < -0.4 is 14.8 Å². The van der Waals surface area contributed by atoms with E-state index in [9.17, 15) is 0 Å². The average Bonchev–Trinajstić information content (AvgIpc) is 2.53. The maximum atomic E-state index is 5.66. The largest absolute Gasteiger partial charge is 0.486 e. The van der Waals surface area contributed by atoms with Gasteiger partial charge in [-0.2, -0.15) is 0 Å². The zero-order chi connectivity index (χ0) is 14.7. The van der Waals surface area contributed by atoms with E-state index in [2.05, 4.69) is 33.2 Å². The second-order valence-electron chi connectivity index (χ2n) is 5.10. The Bertz CT molecular complexity index is 633. The van der Waals surface area contributed by atoms with E-state index in [1.54, 1.807) is 0 Å². The zero-order valence-electron chi connectivity index (χ0n) is 12.1. The highest BCUT2D eigenvalue weighted by Crippen LogP contribution is 2.36. The van der Waals surface area contributed by atoms with Gasteiger partial charge in [0, 0.05) is 23.0 Å². The molecule has 4 nitrogen and oxygen atoms in total. The number of hydrogen-bond donors (Lipinski definition) is 1. The average molecular weight is 351 g/mol. The summed E-state index contributed by atoms with van der Waals surface area (Å²) in [4.78, 5) is 5.00. The van der Waals surface area contributed by atoms with E-state index >= 15 is 0 Å². The summed E-state index contributed by atoms with van der Waals surface area (Å²) in [5.41, 5.74) is 0. The number of fused-ring (bicyclic) bond motifs is 2. The summed E-state index contributed by atoms with van der Waals surface area (Å²) < 4.78 is 11.3. The highest BCUT2D eigenvalue weighted by molar-refractivity contribution is 9.09. The maximum Gasteiger partial charge on any atom is 0.162 e. The van der Waals surface area contributed by atoms with Gasteiger partial charge in [-0.05, 0) is 36.4 Å². The fourth-order valence-electron chi connectivity index (χ4n) is 2.40. The van der Waals surface area contributed by atoms with Crippen LogP contribution in [0.4, 0.5) is 5.82 Å². The number of alkyl halides is 1. The van der Waals surface area contributed by atoms with Gasteiger partial charge < -0.3 is 14.8 Å². The van der Waals surface area contributed by atoms with Crippen LogP contribution in [0.1, 0.15) is 19.8 Å². The van der Waals surface area contributed by atoms with E-state index in [1.165, 1.54) is 0 Å². The molecule has 1 atom stereocenters. The molecular formula is C16H19BrN2O2. The van der Waals surface area contributed by atoms with Crippen LogP contribution in [0.25, 0.3) is 10.8 Å². The molecule has 0 radical (unpaired) electrons. The molecule has 112 valence electrons. The molecule has 0 amide bonds. The lowest BCUT2D eigenvalue weighted by Gasteiger charge is -2.19. The van der Waals surface area contributed by atoms with Crippen LogP contribution in [0.3, 0.4) is 0 Å². The SMILES string of the molecule is CCC(Br)CCNc1nccc2cc3c(cc12)OCCO3. The van der Waals surface area contributed by atoms with E-state index in [4.69, 9.17) is 9.47 Å². The maximum absolute atomic E-state index is 5.66. The minimum atomic E-state index is 0.546. The number of ether oxygens (including phenoxy) is 2. The summed E-state index contributed by atoms with van der Waals surface area (Å²) in [7, 11) is 0. The molecule has 5 heteroatoms. The highest BCUT2D eigenvalue weighted by atomic mass is 79.9. The molecule has 1 aliphatic heterocycles. The number of halogens is 1. The first-order chi connectivity index (χ1) is 10.3. The molecule has 1 aliphatic rings. The summed E-state index contributed by atoms with van der Waals surface area (Å²) in [5, 5.41) is 5.61. The molecule has 1 aromatic carbocycles. The molecule has 0 bridgehead atoms. The predicted molar refractivity (Wildman–Crippen MR) is 88.8 cm³/mol. The summed E-state index contributed by atoms with van der Waals surface area (Å²) in [6, 6.07) is 6.04. The second-order valence-corrected chi connectivity index (χ2v) is 6.39. The normalized spacial score (nSPS) is 15.0. The van der Waals surface area contributed by atoms with Gasteiger partial charge in [-0.25, -0.2) is 4.98 Å². The van der Waals surface area contributed by atoms with Crippen LogP contribution in [0.5, 0.6) is 11.5 Å². The van der Waals surface area contributed by atoms with Crippen LogP contribution in [0, 0.1) is 0 Å². The van der Waals surface area contributed by atoms with Gasteiger partial charge >= 0.3 is 0 Å². The zero-order valence-corrected chi connectivity index (χ0v) is 13.6. The van der Waals surface area contributed by atoms with E-state index < -0.39 is 0 Å². The van der Waals surface area contributed by atoms with Crippen LogP contribution in [0.15, 0.2) is 24.4 Å². The standard InChI is InChI=1S/C16H19BrN2O2/c1-2-12(17)4-6-19-16-13-10-15-14(20-7-8-21-15)9-11(13)3-5-18-16/h3,5,9-10,12H,2,4,6-8H2,1H3,(H,18,19). The highest BCUT2D eigenvalue weighted by Gasteiger charge is 2.14. The van der Waals surface area contributed by atoms with Crippen molar-refractivity contribution < 1.29 is 9.47 Å². The Labute approximate surface area is 133 Å². The number of anilines is 1. The Morgan fingerprint density at radius 3 is 2.81 bits per heavy atom. The number of hydrogen-bond acceptors (Lipinski definition) is 4. The third-order valence-electron chi connectivity index (χ3n) is 3.62. The molecule has 1 unspecified atom stereocenters. The van der Waals surface area contributed by atoms with Crippen LogP contribution in [0.2, 0.25) is 0 Å². The van der Waals surface area contributed by atoms with Gasteiger partial charge in [0.05, 0.1) is 0 Å². The van der Waals surface area contributed by atoms with Crippen molar-refractivity contribution in [2.45, 2.75) is 24.6 Å². The second kappa shape index (κ2) is 6.52. The van der Waals surface area contributed by atoms with Gasteiger partial charge in [0.2, 0.25) is 0 Å². The quantitative estimate of drug-likeness (QED) is 0.828. The van der Waals surface area contributed by atoms with E-state index in [1.807, 2.05) is 24.4 Å². The molecule has 0 spiro atoms. The molecule has 1 aromatic heterocycles. The van der Waals surface area contributed by atoms with Crippen LogP contribution in [-0.4, -0.2) is 29.6 Å². The van der Waals surface area contributed by atoms with E-state index in [-0.39, 0.29) is 0 Å². The minimum absolute atomic E-state index is 0.546. The first-order valence-corrected chi connectivity index (χ1v) is 8.26. The number of pyridine rings is 1. The molecule has 0 saturated carbocycles. The number of benzene rings is 1. The molecular weight excluding hydrogens is 332 g/mol. The van der Waals surface area contributed by atoms with Crippen molar-refractivity contribution in [3.8, 4) is 11.5 Å². The van der Waals surface area contributed by atoms with Crippen molar-refractivity contribution in [2.75, 3.05) is 25.1 Å². The van der Waals surface area contributed by atoms with Gasteiger partial charge in [-0.3, -0.25) is 0 Å². The Hall–Kier alpha value is -1.49. The Kier molecular flexibility index (Phi) is 4.48. The number of rotatable bonds is 5. The lowest BCUT2D eigenvalue weighted by Crippen LogP contribution is -2.15. The van der Waals surface area contributed by atoms with E-state index in [0.717, 1.165) is 47.5 Å². The Morgan fingerprint density at radius 1 is 1.29 bits per heavy atom. The number of aromatic nitrogens is 1. The van der Waals surface area contributed by atoms with Crippen LogP contribution in [-0.2, 0) is 0 Å². The lowest BCUT2D eigenvalue weighted by atomic mass is 10.1. The molecule has 0 fully saturated rings. The van der Waals surface area contributed by atoms with Crippen molar-refractivity contribution in [1.29, 1.82) is 0 Å². The fourth-order valence-corrected chi connectivity index (χ4v) is 2.63. The third-order valence-corrected chi connectivity index (χ3v) is 4.73. The lowest BCUT2D eigenvalue weighted by molar-refractivity contribution is 0.172. The van der Waals surface area contributed by atoms with Crippen molar-refractivity contribution >= 4 is 32.5 Å². The number of nitrogens with zero attached hydrogens (tertiary/aromatic N) is 1. The molecule has 1 N–H and O–H groups in total. The molecule has 0 saturated heterocycles. The smallest absolute Gasteiger partial charge is 0.162 e. The van der Waals surface area contributed by atoms with Gasteiger partial charge in [0.25, 0.3) is 0 Å². The summed E-state index contributed by atoms with van der Waals surface area (Å²) in [5.74, 6) is 2.52. The Morgan fingerprint density at radius 2 is 2.05 bits per heavy atom. The van der Waals surface area contributed by atoms with Gasteiger partial charge in [-0.15, -0.1) is 0 Å². The summed E-state index contributed by atoms with van der Waals surface area (Å²) in [6.07, 6.45) is 4.02. The first-order valence-electron chi connectivity index (χ1n) is 7.34. The fraction of sp³-hybridized carbons (Fsp3) is 0.438. The van der Waals surface area contributed by atoms with Gasteiger partial charge in [0.1, 0.15) is 19.0 Å². The van der Waals surface area contributed by atoms with Crippen molar-refractivity contribution in [3.05, 3.63) is 24.4 Å². The van der Waals surface area contributed by atoms with Crippen molar-refractivity contribution in [2.24, 2.45) is 0 Å². The van der Waals surface area contributed by atoms with Crippen molar-refractivity contribution in [1.82, 2.24) is 4.98 Å². The molecule has 2 heterocycles. The predicted octanol–water partition coefficient (Wildman–Crippen LogP) is 3.98. The Balaban J connectivity index is 1.85. The van der Waals surface area contributed by atoms with Gasteiger partial charge in [-0.1, -0.05) is 22.9 Å². The van der Waals surface area contributed by atoms with Gasteiger partial charge in [0.15, 0.2) is 11.5 Å². The molecule has 3 rings (SSSR count).